The van der Waals surface area contributed by atoms with E-state index in [9.17, 15) is 4.79 Å². The lowest BCUT2D eigenvalue weighted by Crippen LogP contribution is -2.04. The van der Waals surface area contributed by atoms with E-state index in [4.69, 9.17) is 5.73 Å². The Bertz CT molecular complexity index is 781. The molecule has 0 saturated heterocycles. The number of nitrogens with zero attached hydrogens (tertiary/aromatic N) is 1. The summed E-state index contributed by atoms with van der Waals surface area (Å²) >= 11 is 0. The number of pyridine rings is 1. The Balaban J connectivity index is 1.88. The van der Waals surface area contributed by atoms with Crippen molar-refractivity contribution in [2.75, 3.05) is 5.73 Å². The minimum absolute atomic E-state index is 0.0499. The number of aromatic nitrogens is 1. The van der Waals surface area contributed by atoms with Crippen molar-refractivity contribution in [1.82, 2.24) is 4.98 Å². The molecule has 0 radical (unpaired) electrons. The van der Waals surface area contributed by atoms with Crippen LogP contribution in [0.4, 0.5) is 5.69 Å². The van der Waals surface area contributed by atoms with E-state index in [1.165, 1.54) is 0 Å². The van der Waals surface area contributed by atoms with Gasteiger partial charge in [0.25, 0.3) is 0 Å². The van der Waals surface area contributed by atoms with E-state index >= 15 is 0 Å². The van der Waals surface area contributed by atoms with E-state index in [0.29, 0.717) is 17.7 Å². The number of fused-ring (bicyclic) bond motifs is 1. The molecule has 3 aromatic rings. The maximum atomic E-state index is 12.3. The van der Waals surface area contributed by atoms with E-state index in [1.54, 1.807) is 6.20 Å². The second-order valence-electron chi connectivity index (χ2n) is 4.76. The van der Waals surface area contributed by atoms with Crippen LogP contribution in [-0.4, -0.2) is 10.8 Å². The minimum Gasteiger partial charge on any atom is -0.399 e. The lowest BCUT2D eigenvalue weighted by molar-refractivity contribution is 0.0993. The summed E-state index contributed by atoms with van der Waals surface area (Å²) in [5.74, 6) is 0.0499. The van der Waals surface area contributed by atoms with Crippen molar-refractivity contribution in [3.05, 3.63) is 71.9 Å². The van der Waals surface area contributed by atoms with E-state index in [2.05, 4.69) is 4.98 Å². The Morgan fingerprint density at radius 3 is 2.75 bits per heavy atom. The molecular formula is C17H14N2O. The molecule has 0 spiro atoms. The molecule has 0 fully saturated rings. The first kappa shape index (κ1) is 12.4. The molecule has 3 nitrogen and oxygen atoms in total. The van der Waals surface area contributed by atoms with E-state index in [1.807, 2.05) is 54.6 Å². The predicted octanol–water partition coefficient (Wildman–Crippen LogP) is 3.24. The summed E-state index contributed by atoms with van der Waals surface area (Å²) in [5.41, 5.74) is 8.84. The van der Waals surface area contributed by atoms with E-state index in [0.717, 1.165) is 16.5 Å². The van der Waals surface area contributed by atoms with Gasteiger partial charge in [0.1, 0.15) is 0 Å². The second-order valence-corrected chi connectivity index (χ2v) is 4.76. The standard InChI is InChI=1S/C17H14N2O/c18-15-6-3-4-12(8-15)9-17(20)14-10-13-5-1-2-7-16(13)19-11-14/h1-8,10-11H,9,18H2. The Labute approximate surface area is 117 Å². The maximum absolute atomic E-state index is 12.3. The molecule has 0 aliphatic carbocycles. The summed E-state index contributed by atoms with van der Waals surface area (Å²) in [6.07, 6.45) is 1.97. The predicted molar refractivity (Wildman–Crippen MR) is 80.6 cm³/mol. The number of anilines is 1. The molecule has 1 aromatic heterocycles. The van der Waals surface area contributed by atoms with Crippen molar-refractivity contribution in [3.8, 4) is 0 Å². The van der Waals surface area contributed by atoms with Gasteiger partial charge in [0.15, 0.2) is 5.78 Å². The zero-order valence-electron chi connectivity index (χ0n) is 10.9. The van der Waals surface area contributed by atoms with Crippen molar-refractivity contribution in [2.24, 2.45) is 0 Å². The molecule has 0 amide bonds. The van der Waals surface area contributed by atoms with Crippen molar-refractivity contribution in [3.63, 3.8) is 0 Å². The van der Waals surface area contributed by atoms with E-state index < -0.39 is 0 Å². The summed E-state index contributed by atoms with van der Waals surface area (Å²) in [6.45, 7) is 0. The number of nitrogens with two attached hydrogens (primary N) is 1. The van der Waals surface area contributed by atoms with Crippen LogP contribution < -0.4 is 5.73 Å². The number of hydrogen-bond donors (Lipinski definition) is 1. The molecule has 0 atom stereocenters. The normalized spacial score (nSPS) is 10.6. The van der Waals surface area contributed by atoms with Gasteiger partial charge in [0, 0.05) is 29.3 Å². The summed E-state index contributed by atoms with van der Waals surface area (Å²) in [4.78, 5) is 16.6. The number of hydrogen-bond acceptors (Lipinski definition) is 3. The molecule has 2 aromatic carbocycles. The number of Topliss-reactive ketones (excluding diaryl/α,β-unsaturated/α-hetero) is 1. The van der Waals surface area contributed by atoms with Crippen LogP contribution in [0.15, 0.2) is 60.8 Å². The number of nitrogen functional groups attached to an aromatic ring is 1. The monoisotopic (exact) mass is 262 g/mol. The number of ketones is 1. The summed E-state index contributed by atoms with van der Waals surface area (Å²) < 4.78 is 0. The fourth-order valence-electron chi connectivity index (χ4n) is 2.21. The molecule has 0 aliphatic rings. The van der Waals surface area contributed by atoms with Crippen molar-refractivity contribution < 1.29 is 4.79 Å². The first-order valence-electron chi connectivity index (χ1n) is 6.45. The third-order valence-electron chi connectivity index (χ3n) is 3.23. The molecule has 2 N–H and O–H groups in total. The van der Waals surface area contributed by atoms with Crippen LogP contribution in [0, 0.1) is 0 Å². The molecule has 20 heavy (non-hydrogen) atoms. The van der Waals surface area contributed by atoms with Crippen LogP contribution in [0.5, 0.6) is 0 Å². The van der Waals surface area contributed by atoms with Gasteiger partial charge in [-0.2, -0.15) is 0 Å². The Hall–Kier alpha value is -2.68. The average molecular weight is 262 g/mol. The summed E-state index contributed by atoms with van der Waals surface area (Å²) in [5, 5.41) is 0.978. The van der Waals surface area contributed by atoms with Gasteiger partial charge in [0.2, 0.25) is 0 Å². The molecule has 0 saturated carbocycles. The quantitative estimate of drug-likeness (QED) is 0.582. The summed E-state index contributed by atoms with van der Waals surface area (Å²) in [7, 11) is 0. The van der Waals surface area contributed by atoms with Crippen LogP contribution in [0.1, 0.15) is 15.9 Å². The zero-order valence-corrected chi connectivity index (χ0v) is 10.9. The fourth-order valence-corrected chi connectivity index (χ4v) is 2.21. The van der Waals surface area contributed by atoms with Crippen molar-refractivity contribution in [2.45, 2.75) is 6.42 Å². The van der Waals surface area contributed by atoms with Gasteiger partial charge in [-0.1, -0.05) is 30.3 Å². The van der Waals surface area contributed by atoms with Gasteiger partial charge >= 0.3 is 0 Å². The lowest BCUT2D eigenvalue weighted by Gasteiger charge is -2.04. The van der Waals surface area contributed by atoms with Gasteiger partial charge in [-0.25, -0.2) is 0 Å². The van der Waals surface area contributed by atoms with Crippen LogP contribution in [0.2, 0.25) is 0 Å². The van der Waals surface area contributed by atoms with Gasteiger partial charge < -0.3 is 5.73 Å². The first-order chi connectivity index (χ1) is 9.72. The number of benzene rings is 2. The molecule has 0 unspecified atom stereocenters. The number of para-hydroxylation sites is 1. The van der Waals surface area contributed by atoms with Crippen LogP contribution in [0.25, 0.3) is 10.9 Å². The molecule has 3 heteroatoms. The highest BCUT2D eigenvalue weighted by Gasteiger charge is 2.08. The molecule has 0 bridgehead atoms. The largest absolute Gasteiger partial charge is 0.399 e. The molecule has 1 heterocycles. The Kier molecular flexibility index (Phi) is 3.17. The SMILES string of the molecule is Nc1cccc(CC(=O)c2cnc3ccccc3c2)c1. The van der Waals surface area contributed by atoms with Gasteiger partial charge in [-0.05, 0) is 29.8 Å². The highest BCUT2D eigenvalue weighted by Crippen LogP contribution is 2.15. The van der Waals surface area contributed by atoms with Crippen LogP contribution in [0.3, 0.4) is 0 Å². The number of rotatable bonds is 3. The Morgan fingerprint density at radius 2 is 1.90 bits per heavy atom. The molecule has 0 aliphatic heterocycles. The Morgan fingerprint density at radius 1 is 1.05 bits per heavy atom. The average Bonchev–Trinajstić information content (AvgIpc) is 2.47. The van der Waals surface area contributed by atoms with Gasteiger partial charge in [0.05, 0.1) is 5.52 Å². The van der Waals surface area contributed by atoms with Gasteiger partial charge in [-0.15, -0.1) is 0 Å². The third-order valence-corrected chi connectivity index (χ3v) is 3.23. The van der Waals surface area contributed by atoms with Crippen LogP contribution >= 0.6 is 0 Å². The van der Waals surface area contributed by atoms with Crippen molar-refractivity contribution in [1.29, 1.82) is 0 Å². The molecule has 98 valence electrons. The highest BCUT2D eigenvalue weighted by atomic mass is 16.1. The maximum Gasteiger partial charge on any atom is 0.168 e. The van der Waals surface area contributed by atoms with Gasteiger partial charge in [-0.3, -0.25) is 9.78 Å². The lowest BCUT2D eigenvalue weighted by atomic mass is 10.0. The highest BCUT2D eigenvalue weighted by molar-refractivity contribution is 6.00. The fraction of sp³-hybridized carbons (Fsp3) is 0.0588. The summed E-state index contributed by atoms with van der Waals surface area (Å²) in [6, 6.07) is 17.1. The molecule has 3 rings (SSSR count). The van der Waals surface area contributed by atoms with Crippen LogP contribution in [-0.2, 0) is 6.42 Å². The smallest absolute Gasteiger partial charge is 0.168 e. The topological polar surface area (TPSA) is 56.0 Å². The number of carbonyl (C=O) groups excluding carboxylic acids is 1. The molecular weight excluding hydrogens is 248 g/mol. The minimum atomic E-state index is 0.0499. The van der Waals surface area contributed by atoms with E-state index in [-0.39, 0.29) is 5.78 Å². The zero-order chi connectivity index (χ0) is 13.9. The number of carbonyl (C=O) groups is 1. The third kappa shape index (κ3) is 2.52. The second kappa shape index (κ2) is 5.13. The van der Waals surface area contributed by atoms with Crippen molar-refractivity contribution >= 4 is 22.4 Å². The first-order valence-corrected chi connectivity index (χ1v) is 6.45.